The quantitative estimate of drug-likeness (QED) is 0.745. The Morgan fingerprint density at radius 1 is 1.24 bits per heavy atom. The third-order valence-corrected chi connectivity index (χ3v) is 5.84. The van der Waals surface area contributed by atoms with Gasteiger partial charge in [-0.25, -0.2) is 4.79 Å². The number of carbonyl (C=O) groups is 1. The normalized spacial score (nSPS) is 17.9. The number of morpholine rings is 1. The maximum Gasteiger partial charge on any atom is 0.339 e. The van der Waals surface area contributed by atoms with E-state index in [1.54, 1.807) is 6.92 Å². The van der Waals surface area contributed by atoms with Gasteiger partial charge in [0, 0.05) is 42.7 Å². The first kappa shape index (κ1) is 19.9. The number of carbonyl (C=O) groups excluding carboxylic acids is 1. The van der Waals surface area contributed by atoms with Crippen LogP contribution >= 0.6 is 0 Å². The fourth-order valence-electron chi connectivity index (χ4n) is 4.14. The van der Waals surface area contributed by atoms with Crippen LogP contribution in [0.15, 0.2) is 21.3 Å². The predicted molar refractivity (Wildman–Crippen MR) is 110 cm³/mol. The van der Waals surface area contributed by atoms with Crippen molar-refractivity contribution in [1.82, 2.24) is 10.2 Å². The maximum atomic E-state index is 12.4. The van der Waals surface area contributed by atoms with Crippen molar-refractivity contribution in [3.63, 3.8) is 0 Å². The molecule has 2 aliphatic rings. The van der Waals surface area contributed by atoms with E-state index in [1.807, 2.05) is 19.1 Å². The lowest BCUT2D eigenvalue weighted by Crippen LogP contribution is -2.43. The van der Waals surface area contributed by atoms with Crippen LogP contribution in [0.25, 0.3) is 11.0 Å². The molecule has 1 amide bonds. The van der Waals surface area contributed by atoms with E-state index < -0.39 is 6.10 Å². The van der Waals surface area contributed by atoms with Crippen molar-refractivity contribution in [2.45, 2.75) is 39.2 Å². The molecule has 1 aromatic heterocycles. The molecule has 1 saturated heterocycles. The van der Waals surface area contributed by atoms with Gasteiger partial charge in [0.1, 0.15) is 11.3 Å². The average Bonchev–Trinajstić information content (AvgIpc) is 3.22. The second kappa shape index (κ2) is 8.55. The van der Waals surface area contributed by atoms with Crippen LogP contribution in [0, 0.1) is 6.92 Å². The molecule has 156 valence electrons. The average molecular weight is 400 g/mol. The highest BCUT2D eigenvalue weighted by Crippen LogP contribution is 2.33. The largest absolute Gasteiger partial charge is 0.480 e. The number of benzene rings is 1. The summed E-state index contributed by atoms with van der Waals surface area (Å²) in [6, 6.07) is 3.81. The monoisotopic (exact) mass is 400 g/mol. The summed E-state index contributed by atoms with van der Waals surface area (Å²) in [6.07, 6.45) is 2.03. The summed E-state index contributed by atoms with van der Waals surface area (Å²) in [4.78, 5) is 27.0. The molecule has 2 heterocycles. The summed E-state index contributed by atoms with van der Waals surface area (Å²) >= 11 is 0. The number of fused-ring (bicyclic) bond motifs is 3. The molecule has 0 spiro atoms. The number of amides is 1. The van der Waals surface area contributed by atoms with Crippen molar-refractivity contribution in [2.75, 3.05) is 39.4 Å². The van der Waals surface area contributed by atoms with Gasteiger partial charge in [-0.3, -0.25) is 9.69 Å². The van der Waals surface area contributed by atoms with Crippen molar-refractivity contribution >= 4 is 16.9 Å². The summed E-state index contributed by atoms with van der Waals surface area (Å²) < 4.78 is 16.8. The maximum absolute atomic E-state index is 12.4. The van der Waals surface area contributed by atoms with Gasteiger partial charge in [-0.05, 0) is 50.8 Å². The van der Waals surface area contributed by atoms with Crippen molar-refractivity contribution in [2.24, 2.45) is 0 Å². The van der Waals surface area contributed by atoms with Crippen molar-refractivity contribution in [1.29, 1.82) is 0 Å². The van der Waals surface area contributed by atoms with Gasteiger partial charge in [0.2, 0.25) is 0 Å². The standard InChI is InChI=1S/C22H28N2O5/c1-14-19(7-6-17-16-4-3-5-18(16)22(26)29-20(14)17)28-15(2)21(25)23-8-9-24-10-12-27-13-11-24/h6-7,15H,3-5,8-13H2,1-2H3,(H,23,25)/t15-/m1/s1. The number of hydrogen-bond donors (Lipinski definition) is 1. The highest BCUT2D eigenvalue weighted by Gasteiger charge is 2.22. The Morgan fingerprint density at radius 3 is 2.79 bits per heavy atom. The number of nitrogens with zero attached hydrogens (tertiary/aromatic N) is 1. The zero-order valence-electron chi connectivity index (χ0n) is 17.1. The van der Waals surface area contributed by atoms with E-state index in [2.05, 4.69) is 10.2 Å². The number of rotatable bonds is 6. The lowest BCUT2D eigenvalue weighted by molar-refractivity contribution is -0.127. The Balaban J connectivity index is 1.42. The predicted octanol–water partition coefficient (Wildman–Crippen LogP) is 1.81. The van der Waals surface area contributed by atoms with Gasteiger partial charge in [0.15, 0.2) is 6.10 Å². The van der Waals surface area contributed by atoms with Crippen LogP contribution in [0.3, 0.4) is 0 Å². The molecule has 0 saturated carbocycles. The van der Waals surface area contributed by atoms with Crippen LogP contribution in [-0.4, -0.2) is 56.3 Å². The molecular formula is C22H28N2O5. The molecular weight excluding hydrogens is 372 g/mol. The molecule has 7 heteroatoms. The van der Waals surface area contributed by atoms with Crippen LogP contribution in [-0.2, 0) is 22.4 Å². The molecule has 1 aliphatic carbocycles. The minimum atomic E-state index is -0.642. The van der Waals surface area contributed by atoms with Gasteiger partial charge < -0.3 is 19.2 Å². The van der Waals surface area contributed by atoms with E-state index in [0.717, 1.165) is 74.2 Å². The Morgan fingerprint density at radius 2 is 2.00 bits per heavy atom. The number of hydrogen-bond acceptors (Lipinski definition) is 6. The molecule has 1 aromatic carbocycles. The van der Waals surface area contributed by atoms with Gasteiger partial charge in [0.05, 0.1) is 13.2 Å². The zero-order chi connectivity index (χ0) is 20.4. The molecule has 0 radical (unpaired) electrons. The van der Waals surface area contributed by atoms with Crippen LogP contribution in [0.2, 0.25) is 0 Å². The fraction of sp³-hybridized carbons (Fsp3) is 0.545. The summed E-state index contributed by atoms with van der Waals surface area (Å²) in [7, 11) is 0. The number of nitrogens with one attached hydrogen (secondary N) is 1. The second-order valence-corrected chi connectivity index (χ2v) is 7.77. The van der Waals surface area contributed by atoms with Crippen LogP contribution < -0.4 is 15.7 Å². The Hall–Kier alpha value is -2.38. The molecule has 29 heavy (non-hydrogen) atoms. The van der Waals surface area contributed by atoms with Gasteiger partial charge >= 0.3 is 5.63 Å². The Bertz CT molecular complexity index is 962. The number of aryl methyl sites for hydroxylation is 2. The van der Waals surface area contributed by atoms with Gasteiger partial charge in [0.25, 0.3) is 5.91 Å². The minimum Gasteiger partial charge on any atom is -0.480 e. The van der Waals surface area contributed by atoms with Crippen molar-refractivity contribution in [3.8, 4) is 5.75 Å². The highest BCUT2D eigenvalue weighted by molar-refractivity contribution is 5.86. The smallest absolute Gasteiger partial charge is 0.339 e. The van der Waals surface area contributed by atoms with E-state index in [1.165, 1.54) is 0 Å². The third kappa shape index (κ3) is 4.16. The first-order chi connectivity index (χ1) is 14.0. The van der Waals surface area contributed by atoms with Gasteiger partial charge in [-0.15, -0.1) is 0 Å². The molecule has 2 aromatic rings. The lowest BCUT2D eigenvalue weighted by atomic mass is 10.0. The van der Waals surface area contributed by atoms with Crippen LogP contribution in [0.5, 0.6) is 5.75 Å². The Kier molecular flexibility index (Phi) is 5.87. The molecule has 1 atom stereocenters. The topological polar surface area (TPSA) is 81.0 Å². The summed E-state index contributed by atoms with van der Waals surface area (Å²) in [5.41, 5.74) is 2.97. The first-order valence-electron chi connectivity index (χ1n) is 10.4. The first-order valence-corrected chi connectivity index (χ1v) is 10.4. The second-order valence-electron chi connectivity index (χ2n) is 7.77. The number of ether oxygens (including phenoxy) is 2. The highest BCUT2D eigenvalue weighted by atomic mass is 16.5. The van der Waals surface area contributed by atoms with E-state index in [0.29, 0.717) is 17.9 Å². The van der Waals surface area contributed by atoms with E-state index in [9.17, 15) is 9.59 Å². The minimum absolute atomic E-state index is 0.159. The van der Waals surface area contributed by atoms with E-state index in [-0.39, 0.29) is 11.5 Å². The fourth-order valence-corrected chi connectivity index (χ4v) is 4.14. The lowest BCUT2D eigenvalue weighted by Gasteiger charge is -2.26. The molecule has 1 N–H and O–H groups in total. The Labute approximate surface area is 170 Å². The van der Waals surface area contributed by atoms with Crippen LogP contribution in [0.4, 0.5) is 0 Å². The summed E-state index contributed by atoms with van der Waals surface area (Å²) in [5.74, 6) is 0.405. The van der Waals surface area contributed by atoms with Crippen molar-refractivity contribution < 1.29 is 18.7 Å². The molecule has 4 rings (SSSR count). The molecule has 1 aliphatic heterocycles. The summed E-state index contributed by atoms with van der Waals surface area (Å²) in [6.45, 7) is 8.25. The van der Waals surface area contributed by atoms with E-state index >= 15 is 0 Å². The van der Waals surface area contributed by atoms with E-state index in [4.69, 9.17) is 13.9 Å². The molecule has 0 unspecified atom stereocenters. The van der Waals surface area contributed by atoms with Gasteiger partial charge in [-0.1, -0.05) is 0 Å². The molecule has 1 fully saturated rings. The molecule has 0 bridgehead atoms. The SMILES string of the molecule is Cc1c(O[C@H](C)C(=O)NCCN2CCOCC2)ccc2c3c(c(=O)oc12)CCC3. The van der Waals surface area contributed by atoms with Crippen LogP contribution in [0.1, 0.15) is 30.0 Å². The third-order valence-electron chi connectivity index (χ3n) is 5.84. The zero-order valence-corrected chi connectivity index (χ0v) is 17.1. The van der Waals surface area contributed by atoms with Gasteiger partial charge in [-0.2, -0.15) is 0 Å². The van der Waals surface area contributed by atoms with Crippen molar-refractivity contribution in [3.05, 3.63) is 39.2 Å². The summed E-state index contributed by atoms with van der Waals surface area (Å²) in [5, 5.41) is 3.91. The molecule has 7 nitrogen and oxygen atoms in total.